The van der Waals surface area contributed by atoms with E-state index in [9.17, 15) is 14.4 Å². The van der Waals surface area contributed by atoms with Crippen molar-refractivity contribution in [2.75, 3.05) is 13.1 Å². The molecule has 1 aliphatic heterocycles. The van der Waals surface area contributed by atoms with E-state index in [2.05, 4.69) is 5.32 Å². The van der Waals surface area contributed by atoms with Gasteiger partial charge in [0.1, 0.15) is 6.04 Å². The van der Waals surface area contributed by atoms with E-state index < -0.39 is 24.0 Å². The third kappa shape index (κ3) is 4.92. The van der Waals surface area contributed by atoms with Crippen LogP contribution in [-0.2, 0) is 9.59 Å². The Morgan fingerprint density at radius 1 is 1.26 bits per heavy atom. The fraction of sp³-hybridized carbons (Fsp3) is 0.357. The van der Waals surface area contributed by atoms with Crippen molar-refractivity contribution in [2.24, 2.45) is 5.73 Å². The Hall–Kier alpha value is -2.16. The number of benzene rings is 1. The minimum absolute atomic E-state index is 0. The Bertz CT molecular complexity index is 555. The standard InChI is InChI=1S/C14H17N3O4.ClH.H2O/c15-7-12(18)17-8-10(6-11(17)14(20)21)16-13(19)9-4-2-1-3-5-9;;/h1-5,10-11H,6-8,15H2,(H,16,19)(H,20,21);1H;1H2/t10-,11+;;/m1../s1. The molecule has 1 aromatic rings. The lowest BCUT2D eigenvalue weighted by Crippen LogP contribution is -2.44. The average Bonchev–Trinajstić information content (AvgIpc) is 2.91. The maximum atomic E-state index is 12.0. The Morgan fingerprint density at radius 3 is 2.39 bits per heavy atom. The summed E-state index contributed by atoms with van der Waals surface area (Å²) >= 11 is 0. The summed E-state index contributed by atoms with van der Waals surface area (Å²) in [5, 5.41) is 11.9. The normalized spacial score (nSPS) is 19.3. The number of hydrogen-bond acceptors (Lipinski definition) is 4. The van der Waals surface area contributed by atoms with Gasteiger partial charge in [-0.25, -0.2) is 4.79 Å². The van der Waals surface area contributed by atoms with Crippen molar-refractivity contribution in [3.05, 3.63) is 35.9 Å². The maximum Gasteiger partial charge on any atom is 0.326 e. The number of carboxylic acid groups (broad SMARTS) is 1. The van der Waals surface area contributed by atoms with Crippen molar-refractivity contribution in [3.8, 4) is 0 Å². The van der Waals surface area contributed by atoms with Gasteiger partial charge < -0.3 is 26.5 Å². The summed E-state index contributed by atoms with van der Waals surface area (Å²) in [6, 6.07) is 7.29. The molecule has 2 rings (SSSR count). The number of rotatable bonds is 4. The van der Waals surface area contributed by atoms with Crippen LogP contribution in [0.25, 0.3) is 0 Å². The highest BCUT2D eigenvalue weighted by Crippen LogP contribution is 2.18. The second-order valence-electron chi connectivity index (χ2n) is 4.88. The molecule has 23 heavy (non-hydrogen) atoms. The molecule has 2 atom stereocenters. The van der Waals surface area contributed by atoms with Gasteiger partial charge in [0.05, 0.1) is 6.54 Å². The average molecular weight is 346 g/mol. The van der Waals surface area contributed by atoms with E-state index in [1.54, 1.807) is 30.3 Å². The van der Waals surface area contributed by atoms with Crippen LogP contribution >= 0.6 is 12.4 Å². The van der Waals surface area contributed by atoms with Crippen LogP contribution in [0.3, 0.4) is 0 Å². The minimum atomic E-state index is -1.09. The summed E-state index contributed by atoms with van der Waals surface area (Å²) in [4.78, 5) is 36.1. The summed E-state index contributed by atoms with van der Waals surface area (Å²) in [5.74, 6) is -1.81. The number of likely N-dealkylation sites (tertiary alicyclic amines) is 1. The molecule has 0 aromatic heterocycles. The molecular weight excluding hydrogens is 326 g/mol. The molecule has 9 heteroatoms. The van der Waals surface area contributed by atoms with Gasteiger partial charge in [-0.1, -0.05) is 18.2 Å². The third-order valence-electron chi connectivity index (χ3n) is 3.45. The van der Waals surface area contributed by atoms with Crippen LogP contribution in [0.15, 0.2) is 30.3 Å². The first-order chi connectivity index (χ1) is 10.0. The number of hydrogen-bond donors (Lipinski definition) is 3. The Labute approximate surface area is 139 Å². The van der Waals surface area contributed by atoms with Gasteiger partial charge in [-0.15, -0.1) is 12.4 Å². The molecule has 1 saturated heterocycles. The largest absolute Gasteiger partial charge is 0.480 e. The Balaban J connectivity index is 0.00000242. The zero-order valence-electron chi connectivity index (χ0n) is 12.3. The summed E-state index contributed by atoms with van der Waals surface area (Å²) < 4.78 is 0. The topological polar surface area (TPSA) is 144 Å². The van der Waals surface area contributed by atoms with Gasteiger partial charge in [-0.3, -0.25) is 9.59 Å². The highest BCUT2D eigenvalue weighted by molar-refractivity contribution is 5.94. The van der Waals surface area contributed by atoms with E-state index in [1.165, 1.54) is 4.90 Å². The second kappa shape index (κ2) is 9.09. The first-order valence-electron chi connectivity index (χ1n) is 6.61. The molecule has 8 nitrogen and oxygen atoms in total. The summed E-state index contributed by atoms with van der Waals surface area (Å²) in [5.41, 5.74) is 5.77. The molecule has 0 radical (unpaired) electrons. The lowest BCUT2D eigenvalue weighted by atomic mass is 10.1. The number of carbonyl (C=O) groups excluding carboxylic acids is 2. The van der Waals surface area contributed by atoms with Crippen LogP contribution in [0.5, 0.6) is 0 Å². The molecule has 2 amide bonds. The smallest absolute Gasteiger partial charge is 0.326 e. The van der Waals surface area contributed by atoms with Crippen LogP contribution in [0, 0.1) is 0 Å². The number of nitrogens with one attached hydrogen (secondary N) is 1. The number of nitrogens with two attached hydrogens (primary N) is 1. The molecular formula is C14H20ClN3O5. The van der Waals surface area contributed by atoms with E-state index >= 15 is 0 Å². The SMILES string of the molecule is Cl.NCC(=O)N1C[C@H](NC(=O)c2ccccc2)C[C@H]1C(=O)O.O. The quantitative estimate of drug-likeness (QED) is 0.642. The van der Waals surface area contributed by atoms with E-state index in [4.69, 9.17) is 10.8 Å². The molecule has 0 unspecified atom stereocenters. The van der Waals surface area contributed by atoms with Crippen LogP contribution in [0.1, 0.15) is 16.8 Å². The molecule has 0 bridgehead atoms. The van der Waals surface area contributed by atoms with Gasteiger partial charge in [0.15, 0.2) is 0 Å². The fourth-order valence-corrected chi connectivity index (χ4v) is 2.43. The monoisotopic (exact) mass is 345 g/mol. The zero-order valence-corrected chi connectivity index (χ0v) is 13.1. The van der Waals surface area contributed by atoms with Crippen molar-refractivity contribution in [1.29, 1.82) is 0 Å². The summed E-state index contributed by atoms with van der Waals surface area (Å²) in [6.45, 7) is -0.0886. The van der Waals surface area contributed by atoms with Crippen molar-refractivity contribution >= 4 is 30.2 Å². The number of aliphatic carboxylic acids is 1. The van der Waals surface area contributed by atoms with Crippen molar-refractivity contribution < 1.29 is 25.0 Å². The third-order valence-corrected chi connectivity index (χ3v) is 3.45. The molecule has 6 N–H and O–H groups in total. The summed E-state index contributed by atoms with van der Waals surface area (Å²) in [7, 11) is 0. The molecule has 1 fully saturated rings. The zero-order chi connectivity index (χ0) is 15.4. The van der Waals surface area contributed by atoms with E-state index in [0.717, 1.165) is 0 Å². The van der Waals surface area contributed by atoms with Crippen LogP contribution in [-0.4, -0.2) is 58.4 Å². The van der Waals surface area contributed by atoms with E-state index in [0.29, 0.717) is 5.56 Å². The van der Waals surface area contributed by atoms with Gasteiger partial charge in [0.25, 0.3) is 5.91 Å². The maximum absolute atomic E-state index is 12.0. The van der Waals surface area contributed by atoms with Crippen LogP contribution in [0.4, 0.5) is 0 Å². The van der Waals surface area contributed by atoms with Gasteiger partial charge in [-0.2, -0.15) is 0 Å². The van der Waals surface area contributed by atoms with Gasteiger partial charge in [0.2, 0.25) is 5.91 Å². The lowest BCUT2D eigenvalue weighted by molar-refractivity contribution is -0.147. The van der Waals surface area contributed by atoms with Gasteiger partial charge in [-0.05, 0) is 12.1 Å². The first-order valence-corrected chi connectivity index (χ1v) is 6.61. The predicted molar refractivity (Wildman–Crippen MR) is 85.4 cm³/mol. The fourth-order valence-electron chi connectivity index (χ4n) is 2.43. The second-order valence-corrected chi connectivity index (χ2v) is 4.88. The number of carboxylic acids is 1. The molecule has 0 spiro atoms. The lowest BCUT2D eigenvalue weighted by Gasteiger charge is -2.20. The molecule has 0 aliphatic carbocycles. The van der Waals surface area contributed by atoms with E-state index in [-0.39, 0.29) is 43.3 Å². The molecule has 1 aromatic carbocycles. The molecule has 128 valence electrons. The molecule has 1 heterocycles. The number of nitrogens with zero attached hydrogens (tertiary/aromatic N) is 1. The van der Waals surface area contributed by atoms with Crippen molar-refractivity contribution in [3.63, 3.8) is 0 Å². The van der Waals surface area contributed by atoms with Gasteiger partial charge in [0, 0.05) is 24.6 Å². The van der Waals surface area contributed by atoms with Crippen LogP contribution < -0.4 is 11.1 Å². The molecule has 1 aliphatic rings. The van der Waals surface area contributed by atoms with Gasteiger partial charge >= 0.3 is 5.97 Å². The minimum Gasteiger partial charge on any atom is -0.480 e. The highest BCUT2D eigenvalue weighted by Gasteiger charge is 2.39. The van der Waals surface area contributed by atoms with Crippen molar-refractivity contribution in [2.45, 2.75) is 18.5 Å². The summed E-state index contributed by atoms with van der Waals surface area (Å²) in [6.07, 6.45) is 0.180. The van der Waals surface area contributed by atoms with Crippen molar-refractivity contribution in [1.82, 2.24) is 10.2 Å². The van der Waals surface area contributed by atoms with Crippen LogP contribution in [0.2, 0.25) is 0 Å². The van der Waals surface area contributed by atoms with E-state index in [1.807, 2.05) is 0 Å². The Morgan fingerprint density at radius 2 is 1.87 bits per heavy atom. The Kier molecular flexibility index (Phi) is 8.23. The predicted octanol–water partition coefficient (Wildman–Crippen LogP) is -0.974. The number of halogens is 1. The first kappa shape index (κ1) is 20.8. The number of amides is 2. The number of carbonyl (C=O) groups is 3. The molecule has 0 saturated carbocycles. The highest BCUT2D eigenvalue weighted by atomic mass is 35.5.